The van der Waals surface area contributed by atoms with Gasteiger partial charge in [-0.2, -0.15) is 8.42 Å². The van der Waals surface area contributed by atoms with E-state index in [0.29, 0.717) is 17.0 Å². The number of amides is 1. The summed E-state index contributed by atoms with van der Waals surface area (Å²) in [7, 11) is -2.41. The van der Waals surface area contributed by atoms with Crippen LogP contribution in [0.15, 0.2) is 64.7 Å². The minimum Gasteiger partial charge on any atom is -0.497 e. The highest BCUT2D eigenvalue weighted by Gasteiger charge is 2.28. The molecule has 0 saturated heterocycles. The van der Waals surface area contributed by atoms with Gasteiger partial charge >= 0.3 is 10.2 Å². The fraction of sp³-hybridized carbons (Fsp3) is 0.158. The molecule has 1 amide bonds. The maximum Gasteiger partial charge on any atom is 0.344 e. The van der Waals surface area contributed by atoms with Crippen LogP contribution in [0.25, 0.3) is 0 Å². The lowest BCUT2D eigenvalue weighted by molar-refractivity contribution is -0.112. The van der Waals surface area contributed by atoms with Gasteiger partial charge < -0.3 is 10.1 Å². The van der Waals surface area contributed by atoms with Crippen molar-refractivity contribution in [3.63, 3.8) is 0 Å². The molecule has 1 aliphatic rings. The number of nitrogens with zero attached hydrogens (tertiary/aromatic N) is 2. The summed E-state index contributed by atoms with van der Waals surface area (Å²) >= 11 is 0. The molecule has 0 bridgehead atoms. The van der Waals surface area contributed by atoms with Crippen LogP contribution in [-0.2, 0) is 21.5 Å². The Labute approximate surface area is 162 Å². The minimum atomic E-state index is -3.95. The molecule has 2 aromatic rings. The quantitative estimate of drug-likeness (QED) is 0.832. The van der Waals surface area contributed by atoms with Gasteiger partial charge in [0.2, 0.25) is 0 Å². The van der Waals surface area contributed by atoms with Crippen molar-refractivity contribution in [2.45, 2.75) is 13.5 Å². The Morgan fingerprint density at radius 3 is 2.39 bits per heavy atom. The molecule has 7 nitrogen and oxygen atoms in total. The molecule has 0 aromatic heterocycles. The number of methoxy groups -OCH3 is 1. The zero-order chi connectivity index (χ0) is 20.3. The average Bonchev–Trinajstić information content (AvgIpc) is 2.66. The number of ether oxygens (including phenoxy) is 1. The molecule has 0 aliphatic carbocycles. The zero-order valence-corrected chi connectivity index (χ0v) is 16.0. The average molecular weight is 403 g/mol. The van der Waals surface area contributed by atoms with Crippen molar-refractivity contribution < 1.29 is 22.3 Å². The van der Waals surface area contributed by atoms with Gasteiger partial charge in [-0.15, -0.1) is 4.40 Å². The highest BCUT2D eigenvalue weighted by Crippen LogP contribution is 2.22. The highest BCUT2D eigenvalue weighted by atomic mass is 32.2. The molecule has 0 unspecified atom stereocenters. The Morgan fingerprint density at radius 2 is 1.79 bits per heavy atom. The van der Waals surface area contributed by atoms with Crippen molar-refractivity contribution in [2.75, 3.05) is 12.4 Å². The monoisotopic (exact) mass is 403 g/mol. The molecule has 0 saturated carbocycles. The first-order valence-corrected chi connectivity index (χ1v) is 9.68. The zero-order valence-electron chi connectivity index (χ0n) is 15.2. The normalized spacial score (nSPS) is 15.5. The molecule has 9 heteroatoms. The highest BCUT2D eigenvalue weighted by molar-refractivity contribution is 7.88. The number of benzene rings is 2. The van der Waals surface area contributed by atoms with Crippen molar-refractivity contribution in [3.05, 3.63) is 71.7 Å². The van der Waals surface area contributed by atoms with E-state index in [1.807, 2.05) is 0 Å². The lowest BCUT2D eigenvalue weighted by Crippen LogP contribution is -2.32. The number of carbonyl (C=O) groups is 1. The van der Waals surface area contributed by atoms with Crippen LogP contribution < -0.4 is 10.1 Å². The molecule has 0 fully saturated rings. The first-order valence-electron chi connectivity index (χ1n) is 8.29. The third-order valence-corrected chi connectivity index (χ3v) is 5.39. The van der Waals surface area contributed by atoms with Crippen molar-refractivity contribution in [1.29, 1.82) is 0 Å². The van der Waals surface area contributed by atoms with E-state index in [4.69, 9.17) is 4.74 Å². The van der Waals surface area contributed by atoms with E-state index in [1.54, 1.807) is 24.3 Å². The van der Waals surface area contributed by atoms with Gasteiger partial charge in [-0.1, -0.05) is 12.1 Å². The van der Waals surface area contributed by atoms with Crippen LogP contribution in [0.1, 0.15) is 12.5 Å². The van der Waals surface area contributed by atoms with Gasteiger partial charge in [-0.05, 0) is 48.9 Å². The van der Waals surface area contributed by atoms with E-state index >= 15 is 0 Å². The Morgan fingerprint density at radius 1 is 1.14 bits per heavy atom. The molecular formula is C19H18FN3O4S. The molecule has 28 heavy (non-hydrogen) atoms. The molecule has 3 rings (SSSR count). The van der Waals surface area contributed by atoms with Crippen molar-refractivity contribution in [2.24, 2.45) is 4.40 Å². The standard InChI is InChI=1S/C19H18FN3O4S/c1-13-18(19(24)21-16-7-5-15(20)6-8-16)12-23(28(25,26)22-13)11-14-3-9-17(27-2)10-4-14/h3-10,12H,11H2,1-2H3,(H,21,24). The number of hydrogen-bond acceptors (Lipinski definition) is 4. The van der Waals surface area contributed by atoms with Gasteiger partial charge in [-0.25, -0.2) is 4.39 Å². The summed E-state index contributed by atoms with van der Waals surface area (Å²) in [6.07, 6.45) is 1.25. The fourth-order valence-corrected chi connectivity index (χ4v) is 3.67. The predicted molar refractivity (Wildman–Crippen MR) is 104 cm³/mol. The SMILES string of the molecule is COc1ccc(CN2C=C(C(=O)Nc3ccc(F)cc3)C(C)=NS2(=O)=O)cc1. The molecule has 1 heterocycles. The summed E-state index contributed by atoms with van der Waals surface area (Å²) in [6, 6.07) is 12.1. The second-order valence-electron chi connectivity index (χ2n) is 6.05. The van der Waals surface area contributed by atoms with Crippen LogP contribution >= 0.6 is 0 Å². The number of halogens is 1. The Hall–Kier alpha value is -3.20. The summed E-state index contributed by atoms with van der Waals surface area (Å²) < 4.78 is 47.5. The Balaban J connectivity index is 1.83. The third-order valence-electron chi connectivity index (χ3n) is 4.06. The van der Waals surface area contributed by atoms with Crippen LogP contribution in [0.3, 0.4) is 0 Å². The van der Waals surface area contributed by atoms with Crippen LogP contribution in [0, 0.1) is 5.82 Å². The second-order valence-corrected chi connectivity index (χ2v) is 7.60. The van der Waals surface area contributed by atoms with Crippen LogP contribution in [0.2, 0.25) is 0 Å². The van der Waals surface area contributed by atoms with E-state index in [-0.39, 0.29) is 17.8 Å². The molecule has 0 spiro atoms. The Kier molecular flexibility index (Phi) is 5.46. The Bertz CT molecular complexity index is 1050. The van der Waals surface area contributed by atoms with E-state index in [2.05, 4.69) is 9.71 Å². The van der Waals surface area contributed by atoms with Gasteiger partial charge in [0.05, 0.1) is 24.9 Å². The number of hydrogen-bond donors (Lipinski definition) is 1. The summed E-state index contributed by atoms with van der Waals surface area (Å²) in [5, 5.41) is 2.60. The van der Waals surface area contributed by atoms with Crippen molar-refractivity contribution >= 4 is 27.5 Å². The second kappa shape index (κ2) is 7.81. The summed E-state index contributed by atoms with van der Waals surface area (Å²) in [6.45, 7) is 1.45. The minimum absolute atomic E-state index is 0.0104. The van der Waals surface area contributed by atoms with Gasteiger partial charge in [0.1, 0.15) is 11.6 Å². The summed E-state index contributed by atoms with van der Waals surface area (Å²) in [4.78, 5) is 12.6. The number of carbonyl (C=O) groups excluding carboxylic acids is 1. The molecule has 0 atom stereocenters. The maximum atomic E-state index is 13.0. The summed E-state index contributed by atoms with van der Waals surface area (Å²) in [5.41, 5.74) is 1.27. The molecule has 1 N–H and O–H groups in total. The summed E-state index contributed by atoms with van der Waals surface area (Å²) in [5.74, 6) is -0.319. The first-order chi connectivity index (χ1) is 13.3. The third kappa shape index (κ3) is 4.37. The van der Waals surface area contributed by atoms with E-state index in [9.17, 15) is 17.6 Å². The van der Waals surface area contributed by atoms with Crippen LogP contribution in [0.5, 0.6) is 5.75 Å². The van der Waals surface area contributed by atoms with E-state index in [1.165, 1.54) is 44.5 Å². The van der Waals surface area contributed by atoms with E-state index < -0.39 is 21.9 Å². The first kappa shape index (κ1) is 19.6. The fourth-order valence-electron chi connectivity index (χ4n) is 2.57. The number of rotatable bonds is 5. The largest absolute Gasteiger partial charge is 0.497 e. The van der Waals surface area contributed by atoms with Gasteiger partial charge in [0.15, 0.2) is 0 Å². The number of anilines is 1. The van der Waals surface area contributed by atoms with Gasteiger partial charge in [0.25, 0.3) is 5.91 Å². The molecular weight excluding hydrogens is 385 g/mol. The lowest BCUT2D eigenvalue weighted by Gasteiger charge is -2.23. The predicted octanol–water partition coefficient (Wildman–Crippen LogP) is 2.88. The lowest BCUT2D eigenvalue weighted by atomic mass is 10.1. The van der Waals surface area contributed by atoms with Gasteiger partial charge in [0, 0.05) is 11.9 Å². The number of nitrogens with one attached hydrogen (secondary N) is 1. The van der Waals surface area contributed by atoms with Crippen LogP contribution in [-0.4, -0.2) is 31.5 Å². The van der Waals surface area contributed by atoms with E-state index in [0.717, 1.165) is 4.31 Å². The van der Waals surface area contributed by atoms with Crippen molar-refractivity contribution in [1.82, 2.24) is 4.31 Å². The molecule has 1 aliphatic heterocycles. The van der Waals surface area contributed by atoms with Gasteiger partial charge in [-0.3, -0.25) is 9.10 Å². The maximum absolute atomic E-state index is 13.0. The van der Waals surface area contributed by atoms with Crippen LogP contribution in [0.4, 0.5) is 10.1 Å². The topological polar surface area (TPSA) is 88.1 Å². The molecule has 146 valence electrons. The molecule has 2 aromatic carbocycles. The van der Waals surface area contributed by atoms with Crippen molar-refractivity contribution in [3.8, 4) is 5.75 Å². The smallest absolute Gasteiger partial charge is 0.344 e. The molecule has 0 radical (unpaired) electrons.